The van der Waals surface area contributed by atoms with Gasteiger partial charge in [0.25, 0.3) is 5.92 Å². The molecule has 1 saturated heterocycles. The molecule has 3 heterocycles. The SMILES string of the molecule is COC1(C(=O)c2cc3c(N[C@H](C)c4cccc(C(F)(F)CO)c4F)nnc(C)c3s2)CCOCC1. The van der Waals surface area contributed by atoms with Crippen LogP contribution < -0.4 is 5.32 Å². The van der Waals surface area contributed by atoms with Gasteiger partial charge in [-0.3, -0.25) is 4.79 Å². The summed E-state index contributed by atoms with van der Waals surface area (Å²) in [6, 6.07) is 4.60. The van der Waals surface area contributed by atoms with Crippen molar-refractivity contribution in [2.24, 2.45) is 0 Å². The summed E-state index contributed by atoms with van der Waals surface area (Å²) in [7, 11) is 1.52. The third-order valence-corrected chi connectivity index (χ3v) is 7.63. The molecule has 0 aliphatic carbocycles. The Morgan fingerprint density at radius 1 is 1.34 bits per heavy atom. The van der Waals surface area contributed by atoms with Gasteiger partial charge in [-0.2, -0.15) is 13.9 Å². The van der Waals surface area contributed by atoms with Gasteiger partial charge in [-0.1, -0.05) is 12.1 Å². The fraction of sp³-hybridized carbons (Fsp3) is 0.458. The van der Waals surface area contributed by atoms with Crippen molar-refractivity contribution < 1.29 is 32.5 Å². The van der Waals surface area contributed by atoms with Gasteiger partial charge in [0.1, 0.15) is 18.0 Å². The molecule has 0 radical (unpaired) electrons. The fourth-order valence-electron chi connectivity index (χ4n) is 4.26. The second-order valence-corrected chi connectivity index (χ2v) is 9.62. The van der Waals surface area contributed by atoms with Crippen LogP contribution in [0, 0.1) is 12.7 Å². The van der Waals surface area contributed by atoms with Crippen molar-refractivity contribution in [1.29, 1.82) is 0 Å². The molecule has 35 heavy (non-hydrogen) atoms. The van der Waals surface area contributed by atoms with E-state index in [0.717, 1.165) is 10.8 Å². The van der Waals surface area contributed by atoms with Crippen molar-refractivity contribution >= 4 is 33.0 Å². The number of methoxy groups -OCH3 is 1. The van der Waals surface area contributed by atoms with E-state index in [1.807, 2.05) is 0 Å². The largest absolute Gasteiger partial charge is 0.390 e. The second-order valence-electron chi connectivity index (χ2n) is 8.56. The number of fused-ring (bicyclic) bond motifs is 1. The number of halogens is 3. The maximum Gasteiger partial charge on any atom is 0.298 e. The number of ketones is 1. The molecule has 3 aromatic rings. The number of Topliss-reactive ketones (excluding diaryl/α,β-unsaturated/α-hetero) is 1. The zero-order valence-corrected chi connectivity index (χ0v) is 20.3. The molecule has 2 N–H and O–H groups in total. The summed E-state index contributed by atoms with van der Waals surface area (Å²) < 4.78 is 54.7. The molecule has 0 bridgehead atoms. The number of benzene rings is 1. The molecule has 0 amide bonds. The zero-order chi connectivity index (χ0) is 25.4. The van der Waals surface area contributed by atoms with Crippen LogP contribution in [0.15, 0.2) is 24.3 Å². The number of aryl methyl sites for hydroxylation is 1. The number of aromatic nitrogens is 2. The Morgan fingerprint density at radius 2 is 2.06 bits per heavy atom. The predicted octanol–water partition coefficient (Wildman–Crippen LogP) is 4.77. The van der Waals surface area contributed by atoms with Crippen molar-refractivity contribution in [1.82, 2.24) is 10.2 Å². The summed E-state index contributed by atoms with van der Waals surface area (Å²) in [4.78, 5) is 13.9. The van der Waals surface area contributed by atoms with Gasteiger partial charge < -0.3 is 19.9 Å². The van der Waals surface area contributed by atoms with Crippen LogP contribution in [0.2, 0.25) is 0 Å². The molecule has 0 spiro atoms. The van der Waals surface area contributed by atoms with Gasteiger partial charge in [0.15, 0.2) is 5.82 Å². The van der Waals surface area contributed by atoms with Crippen LogP contribution in [0.1, 0.15) is 52.3 Å². The third-order valence-electron chi connectivity index (χ3n) is 6.39. The molecule has 0 unspecified atom stereocenters. The highest BCUT2D eigenvalue weighted by Gasteiger charge is 2.41. The first-order valence-corrected chi connectivity index (χ1v) is 11.9. The molecular formula is C24H26F3N3O4S. The number of carbonyl (C=O) groups excluding carboxylic acids is 1. The van der Waals surface area contributed by atoms with Crippen LogP contribution in [0.25, 0.3) is 10.1 Å². The number of ether oxygens (including phenoxy) is 2. The highest BCUT2D eigenvalue weighted by atomic mass is 32.1. The number of rotatable bonds is 8. The Kier molecular flexibility index (Phi) is 7.14. The number of thiophene rings is 1. The maximum atomic E-state index is 14.9. The number of nitrogens with one attached hydrogen (secondary N) is 1. The Morgan fingerprint density at radius 3 is 2.71 bits per heavy atom. The van der Waals surface area contributed by atoms with Gasteiger partial charge in [-0.25, -0.2) is 4.39 Å². The maximum absolute atomic E-state index is 14.9. The molecule has 1 aliphatic heterocycles. The van der Waals surface area contributed by atoms with Gasteiger partial charge in [-0.05, 0) is 26.0 Å². The Balaban J connectivity index is 1.69. The Labute approximate surface area is 204 Å². The normalized spacial score (nSPS) is 16.9. The van der Waals surface area contributed by atoms with Crippen molar-refractivity contribution in [2.75, 3.05) is 32.2 Å². The summed E-state index contributed by atoms with van der Waals surface area (Å²) >= 11 is 1.27. The quantitative estimate of drug-likeness (QED) is 0.423. The number of alkyl halides is 2. The lowest BCUT2D eigenvalue weighted by Gasteiger charge is -2.33. The second kappa shape index (κ2) is 9.81. The monoisotopic (exact) mass is 509 g/mol. The molecule has 1 aromatic carbocycles. The lowest BCUT2D eigenvalue weighted by atomic mass is 9.88. The highest BCUT2D eigenvalue weighted by Crippen LogP contribution is 2.38. The average molecular weight is 510 g/mol. The lowest BCUT2D eigenvalue weighted by Crippen LogP contribution is -2.45. The predicted molar refractivity (Wildman–Crippen MR) is 126 cm³/mol. The van der Waals surface area contributed by atoms with Gasteiger partial charge in [0.05, 0.1) is 26.9 Å². The van der Waals surface area contributed by atoms with E-state index < -0.39 is 35.6 Å². The number of hydrogen-bond donors (Lipinski definition) is 2. The van der Waals surface area contributed by atoms with E-state index in [9.17, 15) is 18.0 Å². The molecule has 2 aromatic heterocycles. The molecule has 1 atom stereocenters. The highest BCUT2D eigenvalue weighted by molar-refractivity contribution is 7.21. The number of nitrogens with zero attached hydrogens (tertiary/aromatic N) is 2. The number of hydrogen-bond acceptors (Lipinski definition) is 8. The summed E-state index contributed by atoms with van der Waals surface area (Å²) in [5, 5.41) is 21.0. The van der Waals surface area contributed by atoms with Gasteiger partial charge >= 0.3 is 0 Å². The van der Waals surface area contributed by atoms with E-state index in [4.69, 9.17) is 14.6 Å². The van der Waals surface area contributed by atoms with Gasteiger partial charge in [-0.15, -0.1) is 16.4 Å². The topological polar surface area (TPSA) is 93.6 Å². The standard InChI is InChI=1S/C24H26F3N3O4S/c1-13(15-5-4-6-17(19(15)25)24(26,27)12-31)28-22-16-11-18(35-20(16)14(2)29-30-22)21(32)23(33-3)7-9-34-10-8-23/h4-6,11,13,31H,7-10,12H2,1-3H3,(H,28,30)/t13-/m1/s1. The summed E-state index contributed by atoms with van der Waals surface area (Å²) in [5.74, 6) is -4.66. The van der Waals surface area contributed by atoms with Crippen molar-refractivity contribution in [3.05, 3.63) is 51.8 Å². The molecule has 4 rings (SSSR count). The molecular weight excluding hydrogens is 483 g/mol. The van der Waals surface area contributed by atoms with Crippen LogP contribution in [0.5, 0.6) is 0 Å². The Hall–Kier alpha value is -2.60. The third kappa shape index (κ3) is 4.65. The first kappa shape index (κ1) is 25.5. The first-order valence-electron chi connectivity index (χ1n) is 11.1. The van der Waals surface area contributed by atoms with E-state index >= 15 is 0 Å². The van der Waals surface area contributed by atoms with Crippen LogP contribution in [0.4, 0.5) is 19.0 Å². The van der Waals surface area contributed by atoms with Crippen LogP contribution >= 0.6 is 11.3 Å². The average Bonchev–Trinajstić information content (AvgIpc) is 3.32. The van der Waals surface area contributed by atoms with Crippen molar-refractivity contribution in [3.8, 4) is 0 Å². The summed E-state index contributed by atoms with van der Waals surface area (Å²) in [5.41, 5.74) is -1.23. The van der Waals surface area contributed by atoms with Crippen LogP contribution in [-0.2, 0) is 15.4 Å². The number of aliphatic hydroxyl groups excluding tert-OH is 1. The fourth-order valence-corrected chi connectivity index (χ4v) is 5.39. The van der Waals surface area contributed by atoms with Gasteiger partial charge in [0, 0.05) is 44.1 Å². The van der Waals surface area contributed by atoms with E-state index in [1.54, 1.807) is 19.9 Å². The zero-order valence-electron chi connectivity index (χ0n) is 19.5. The molecule has 1 fully saturated rings. The minimum absolute atomic E-state index is 0.0155. The van der Waals surface area contributed by atoms with Crippen molar-refractivity contribution in [2.45, 2.75) is 44.3 Å². The molecule has 1 aliphatic rings. The van der Waals surface area contributed by atoms with Crippen molar-refractivity contribution in [3.63, 3.8) is 0 Å². The first-order chi connectivity index (χ1) is 16.6. The minimum atomic E-state index is -3.71. The van der Waals surface area contributed by atoms with Crippen LogP contribution in [0.3, 0.4) is 0 Å². The van der Waals surface area contributed by atoms with E-state index in [-0.39, 0.29) is 11.3 Å². The molecule has 7 nitrogen and oxygen atoms in total. The minimum Gasteiger partial charge on any atom is -0.390 e. The molecule has 0 saturated carbocycles. The van der Waals surface area contributed by atoms with Crippen LogP contribution in [-0.4, -0.2) is 53.6 Å². The number of carbonyl (C=O) groups is 1. The summed E-state index contributed by atoms with van der Waals surface area (Å²) in [6.07, 6.45) is 0.893. The van der Waals surface area contributed by atoms with E-state index in [2.05, 4.69) is 15.5 Å². The Bertz CT molecular complexity index is 1240. The molecule has 188 valence electrons. The molecule has 11 heteroatoms. The lowest BCUT2D eigenvalue weighted by molar-refractivity contribution is -0.0661. The van der Waals surface area contributed by atoms with E-state index in [0.29, 0.717) is 47.8 Å². The van der Waals surface area contributed by atoms with Gasteiger partial charge in [0.2, 0.25) is 5.78 Å². The summed E-state index contributed by atoms with van der Waals surface area (Å²) in [6.45, 7) is 2.73. The van der Waals surface area contributed by atoms with E-state index in [1.165, 1.54) is 30.6 Å². The number of anilines is 1. The smallest absolute Gasteiger partial charge is 0.298 e. The number of aliphatic hydroxyl groups is 1.